The lowest BCUT2D eigenvalue weighted by atomic mass is 10.1. The Morgan fingerprint density at radius 1 is 1.43 bits per heavy atom. The van der Waals surface area contributed by atoms with E-state index in [1.54, 1.807) is 6.08 Å². The van der Waals surface area contributed by atoms with Crippen LogP contribution in [0.5, 0.6) is 0 Å². The number of hydrogen-bond donors (Lipinski definition) is 2. The van der Waals surface area contributed by atoms with Crippen LogP contribution in [0.2, 0.25) is 0 Å². The second kappa shape index (κ2) is 5.90. The molecule has 2 aliphatic carbocycles. The van der Waals surface area contributed by atoms with Gasteiger partial charge in [-0.3, -0.25) is 4.79 Å². The lowest BCUT2D eigenvalue weighted by molar-refractivity contribution is -0.116. The van der Waals surface area contributed by atoms with Gasteiger partial charge in [0.1, 0.15) is 11.5 Å². The summed E-state index contributed by atoms with van der Waals surface area (Å²) in [5.74, 6) is 3.03. The summed E-state index contributed by atoms with van der Waals surface area (Å²) in [5.41, 5.74) is 0. The quantitative estimate of drug-likeness (QED) is 0.646. The van der Waals surface area contributed by atoms with Crippen molar-refractivity contribution >= 4 is 12.0 Å². The Morgan fingerprint density at radius 3 is 2.90 bits per heavy atom. The molecule has 21 heavy (non-hydrogen) atoms. The molecule has 2 aliphatic rings. The Hall–Kier alpha value is -1.81. The Bertz CT molecular complexity index is 572. The number of amides is 1. The van der Waals surface area contributed by atoms with Crippen molar-refractivity contribution < 1.29 is 14.3 Å². The molecule has 0 saturated heterocycles. The van der Waals surface area contributed by atoms with E-state index in [9.17, 15) is 4.79 Å². The summed E-state index contributed by atoms with van der Waals surface area (Å²) in [6, 6.07) is 3.91. The normalized spacial score (nSPS) is 31.0. The fraction of sp³-hybridized carbons (Fsp3) is 0.471. The molecule has 2 N–H and O–H groups in total. The van der Waals surface area contributed by atoms with Crippen molar-refractivity contribution in [1.82, 2.24) is 5.32 Å². The highest BCUT2D eigenvalue weighted by Crippen LogP contribution is 2.47. The molecule has 0 aliphatic heterocycles. The highest BCUT2D eigenvalue weighted by Gasteiger charge is 2.36. The van der Waals surface area contributed by atoms with Gasteiger partial charge in [-0.1, -0.05) is 19.1 Å². The van der Waals surface area contributed by atoms with Crippen molar-refractivity contribution in [2.45, 2.75) is 31.7 Å². The lowest BCUT2D eigenvalue weighted by Gasteiger charge is -2.10. The molecule has 4 atom stereocenters. The largest absolute Gasteiger partial charge is 0.461 e. The van der Waals surface area contributed by atoms with Crippen molar-refractivity contribution in [3.63, 3.8) is 0 Å². The third kappa shape index (κ3) is 3.45. The average Bonchev–Trinajstić information content (AvgIpc) is 2.92. The van der Waals surface area contributed by atoms with Gasteiger partial charge in [0.2, 0.25) is 5.91 Å². The molecule has 0 aromatic carbocycles. The molecule has 4 nitrogen and oxygen atoms in total. The molecule has 1 aromatic rings. The van der Waals surface area contributed by atoms with Gasteiger partial charge in [-0.15, -0.1) is 0 Å². The van der Waals surface area contributed by atoms with Gasteiger partial charge in [0.25, 0.3) is 0 Å². The second-order valence-corrected chi connectivity index (χ2v) is 6.07. The maximum Gasteiger partial charge on any atom is 0.244 e. The minimum atomic E-state index is -0.138. The van der Waals surface area contributed by atoms with Gasteiger partial charge in [0.05, 0.1) is 0 Å². The van der Waals surface area contributed by atoms with Crippen LogP contribution in [0, 0.1) is 11.8 Å². The predicted octanol–water partition coefficient (Wildman–Crippen LogP) is 2.47. The average molecular weight is 287 g/mol. The molecular weight excluding hydrogens is 266 g/mol. The van der Waals surface area contributed by atoms with Gasteiger partial charge in [-0.25, -0.2) is 0 Å². The summed E-state index contributed by atoms with van der Waals surface area (Å²) in [7, 11) is 0. The van der Waals surface area contributed by atoms with Crippen LogP contribution in [-0.4, -0.2) is 23.7 Å². The number of hydrogen-bond acceptors (Lipinski definition) is 3. The van der Waals surface area contributed by atoms with Gasteiger partial charge in [0.15, 0.2) is 0 Å². The summed E-state index contributed by atoms with van der Waals surface area (Å²) in [6.45, 7) is 2.35. The third-order valence-corrected chi connectivity index (χ3v) is 4.26. The van der Waals surface area contributed by atoms with Crippen LogP contribution in [-0.2, 0) is 4.79 Å². The van der Waals surface area contributed by atoms with E-state index >= 15 is 0 Å². The second-order valence-electron chi connectivity index (χ2n) is 6.07. The van der Waals surface area contributed by atoms with Gasteiger partial charge in [0, 0.05) is 30.6 Å². The molecule has 1 fully saturated rings. The van der Waals surface area contributed by atoms with Crippen LogP contribution in [0.25, 0.3) is 6.08 Å². The number of carbonyl (C=O) groups is 1. The summed E-state index contributed by atoms with van der Waals surface area (Å²) < 4.78 is 5.72. The zero-order valence-corrected chi connectivity index (χ0v) is 12.2. The number of aliphatic hydroxyl groups excluding tert-OH is 1. The van der Waals surface area contributed by atoms with Crippen molar-refractivity contribution in [2.75, 3.05) is 6.61 Å². The molecule has 1 saturated carbocycles. The molecule has 1 amide bonds. The molecule has 3 rings (SSSR count). The molecule has 0 radical (unpaired) electrons. The van der Waals surface area contributed by atoms with Gasteiger partial charge < -0.3 is 14.8 Å². The van der Waals surface area contributed by atoms with E-state index in [0.29, 0.717) is 11.8 Å². The number of carbonyl (C=O) groups excluding carboxylic acids is 1. The van der Waals surface area contributed by atoms with Gasteiger partial charge in [-0.2, -0.15) is 0 Å². The molecule has 4 heteroatoms. The molecule has 1 heterocycles. The van der Waals surface area contributed by atoms with E-state index < -0.39 is 0 Å². The monoisotopic (exact) mass is 287 g/mol. The summed E-state index contributed by atoms with van der Waals surface area (Å²) in [5, 5.41) is 11.9. The smallest absolute Gasteiger partial charge is 0.244 e. The summed E-state index contributed by atoms with van der Waals surface area (Å²) in [4.78, 5) is 11.8. The fourth-order valence-electron chi connectivity index (χ4n) is 2.78. The van der Waals surface area contributed by atoms with E-state index in [1.165, 1.54) is 12.5 Å². The first-order valence-electron chi connectivity index (χ1n) is 7.53. The van der Waals surface area contributed by atoms with Crippen LogP contribution in [0.4, 0.5) is 0 Å². The maximum absolute atomic E-state index is 11.8. The van der Waals surface area contributed by atoms with E-state index in [0.717, 1.165) is 17.9 Å². The Morgan fingerprint density at radius 2 is 2.24 bits per heavy atom. The fourth-order valence-corrected chi connectivity index (χ4v) is 2.78. The van der Waals surface area contributed by atoms with Gasteiger partial charge in [-0.05, 0) is 37.0 Å². The maximum atomic E-state index is 11.8. The summed E-state index contributed by atoms with van der Waals surface area (Å²) in [6.07, 6.45) is 9.04. The SMILES string of the molecule is CC1CC1c1ccc(/C=C/C(=O)N[C@@H]2C=C[C@H](CO)C2)o1. The number of rotatable bonds is 5. The van der Waals surface area contributed by atoms with E-state index in [2.05, 4.69) is 12.2 Å². The van der Waals surface area contributed by atoms with Crippen LogP contribution in [0.3, 0.4) is 0 Å². The van der Waals surface area contributed by atoms with Crippen molar-refractivity contribution in [3.05, 3.63) is 41.9 Å². The van der Waals surface area contributed by atoms with Crippen LogP contribution in [0.15, 0.2) is 34.8 Å². The van der Waals surface area contributed by atoms with Crippen molar-refractivity contribution in [3.8, 4) is 0 Å². The van der Waals surface area contributed by atoms with Crippen molar-refractivity contribution in [1.29, 1.82) is 0 Å². The third-order valence-electron chi connectivity index (χ3n) is 4.26. The molecule has 0 bridgehead atoms. The summed E-state index contributed by atoms with van der Waals surface area (Å²) >= 11 is 0. The van der Waals surface area contributed by atoms with Crippen LogP contribution < -0.4 is 5.32 Å². The first-order valence-corrected chi connectivity index (χ1v) is 7.53. The molecular formula is C17H21NO3. The highest BCUT2D eigenvalue weighted by molar-refractivity contribution is 5.91. The van der Waals surface area contributed by atoms with E-state index in [-0.39, 0.29) is 24.5 Å². The minimum absolute atomic E-state index is 0.0128. The topological polar surface area (TPSA) is 62.5 Å². The highest BCUT2D eigenvalue weighted by atomic mass is 16.3. The Balaban J connectivity index is 1.50. The number of nitrogens with one attached hydrogen (secondary N) is 1. The Labute approximate surface area is 124 Å². The van der Waals surface area contributed by atoms with Crippen LogP contribution >= 0.6 is 0 Å². The van der Waals surface area contributed by atoms with E-state index in [1.807, 2.05) is 24.3 Å². The standard InChI is InChI=1S/C17H21NO3/c1-11-8-15(11)16-6-4-14(21-16)5-7-17(20)18-13-3-2-12(9-13)10-19/h2-7,11-13,15,19H,8-10H2,1H3,(H,18,20)/b7-5+/t11?,12-,13+,15?/m0/s1. The lowest BCUT2D eigenvalue weighted by Crippen LogP contribution is -2.31. The van der Waals surface area contributed by atoms with Crippen molar-refractivity contribution in [2.24, 2.45) is 11.8 Å². The first-order chi connectivity index (χ1) is 10.2. The zero-order valence-electron chi connectivity index (χ0n) is 12.2. The molecule has 2 unspecified atom stereocenters. The molecule has 112 valence electrons. The van der Waals surface area contributed by atoms with E-state index in [4.69, 9.17) is 9.52 Å². The number of furan rings is 1. The number of aliphatic hydroxyl groups is 1. The first kappa shape index (κ1) is 14.1. The minimum Gasteiger partial charge on any atom is -0.461 e. The molecule has 0 spiro atoms. The van der Waals surface area contributed by atoms with Crippen LogP contribution in [0.1, 0.15) is 37.2 Å². The Kier molecular flexibility index (Phi) is 3.97. The predicted molar refractivity (Wildman–Crippen MR) is 80.5 cm³/mol. The van der Waals surface area contributed by atoms with Gasteiger partial charge >= 0.3 is 0 Å². The molecule has 1 aromatic heterocycles. The zero-order chi connectivity index (χ0) is 14.8.